The fourth-order valence-electron chi connectivity index (χ4n) is 6.24. The molecule has 33 heavy (non-hydrogen) atoms. The molecule has 1 aromatic rings. The minimum absolute atomic E-state index is 0.123. The third-order valence-electron chi connectivity index (χ3n) is 8.19. The molecule has 0 amide bonds. The molecule has 2 fully saturated rings. The lowest BCUT2D eigenvalue weighted by atomic mass is 9.85. The summed E-state index contributed by atoms with van der Waals surface area (Å²) < 4.78 is 12.0. The van der Waals surface area contributed by atoms with Crippen LogP contribution in [0.5, 0.6) is 11.5 Å². The third kappa shape index (κ3) is 5.37. The Morgan fingerprint density at radius 3 is 2.58 bits per heavy atom. The number of methoxy groups -OCH3 is 1. The molecule has 0 N–H and O–H groups in total. The number of hydrogen-bond acceptors (Lipinski definition) is 4. The number of ether oxygens (including phenoxy) is 2. The van der Waals surface area contributed by atoms with Crippen LogP contribution in [-0.4, -0.2) is 43.5 Å². The van der Waals surface area contributed by atoms with Crippen LogP contribution in [0.1, 0.15) is 80.1 Å². The number of hydrogen-bond donors (Lipinski definition) is 0. The molecule has 0 radical (unpaired) electrons. The van der Waals surface area contributed by atoms with Crippen molar-refractivity contribution in [3.05, 3.63) is 47.1 Å². The van der Waals surface area contributed by atoms with Gasteiger partial charge in [-0.15, -0.1) is 0 Å². The summed E-state index contributed by atoms with van der Waals surface area (Å²) in [4.78, 5) is 15.8. The Hall–Kier alpha value is -2.07. The first-order valence-electron chi connectivity index (χ1n) is 13.2. The van der Waals surface area contributed by atoms with E-state index in [9.17, 15) is 4.79 Å². The topological polar surface area (TPSA) is 38.8 Å². The minimum Gasteiger partial charge on any atom is -0.493 e. The zero-order chi connectivity index (χ0) is 22.6. The smallest absolute Gasteiger partial charge is 0.166 e. The second kappa shape index (κ2) is 10.5. The SMILES string of the molecule is COc1cc2c(cc1OC1CCCCC1)CC(CC1CCN(CC3=CC=CCC3)CC1)C2=O. The van der Waals surface area contributed by atoms with Gasteiger partial charge in [-0.3, -0.25) is 9.69 Å². The summed E-state index contributed by atoms with van der Waals surface area (Å²) in [5.41, 5.74) is 3.59. The molecule has 1 saturated carbocycles. The molecule has 1 unspecified atom stereocenters. The first-order chi connectivity index (χ1) is 16.2. The molecule has 0 aromatic heterocycles. The zero-order valence-electron chi connectivity index (χ0n) is 20.2. The van der Waals surface area contributed by atoms with Crippen LogP contribution < -0.4 is 9.47 Å². The van der Waals surface area contributed by atoms with Crippen LogP contribution in [0.25, 0.3) is 0 Å². The highest BCUT2D eigenvalue weighted by molar-refractivity contribution is 6.02. The number of piperidine rings is 1. The molecule has 1 aliphatic heterocycles. The summed E-state index contributed by atoms with van der Waals surface area (Å²) in [6.45, 7) is 3.44. The van der Waals surface area contributed by atoms with Gasteiger partial charge < -0.3 is 9.47 Å². The number of benzene rings is 1. The molecule has 0 bridgehead atoms. The molecular weight excluding hydrogens is 410 g/mol. The van der Waals surface area contributed by atoms with Crippen LogP contribution in [0.4, 0.5) is 0 Å². The summed E-state index contributed by atoms with van der Waals surface area (Å²) in [6, 6.07) is 4.06. The van der Waals surface area contributed by atoms with Crippen molar-refractivity contribution in [3.8, 4) is 11.5 Å². The van der Waals surface area contributed by atoms with Crippen LogP contribution in [0.15, 0.2) is 35.9 Å². The average Bonchev–Trinajstić information content (AvgIpc) is 3.15. The molecule has 1 saturated heterocycles. The van der Waals surface area contributed by atoms with Crippen molar-refractivity contribution in [1.29, 1.82) is 0 Å². The van der Waals surface area contributed by atoms with Crippen LogP contribution >= 0.6 is 0 Å². The largest absolute Gasteiger partial charge is 0.493 e. The van der Waals surface area contributed by atoms with Gasteiger partial charge in [0.25, 0.3) is 0 Å². The van der Waals surface area contributed by atoms with E-state index in [4.69, 9.17) is 9.47 Å². The van der Waals surface area contributed by atoms with E-state index >= 15 is 0 Å². The van der Waals surface area contributed by atoms with Gasteiger partial charge in [0.1, 0.15) is 0 Å². The maximum absolute atomic E-state index is 13.2. The standard InChI is InChI=1S/C29H39NO3/c1-32-27-19-26-23(18-28(27)33-25-10-6-3-7-11-25)17-24(29(26)31)16-21-12-14-30(15-13-21)20-22-8-4-2-5-9-22/h2,4,8,18-19,21,24-25H,3,5-7,9-17,20H2,1H3. The van der Waals surface area contributed by atoms with Crippen molar-refractivity contribution in [2.45, 2.75) is 76.7 Å². The molecule has 178 valence electrons. The van der Waals surface area contributed by atoms with Crippen LogP contribution in [0.2, 0.25) is 0 Å². The number of likely N-dealkylation sites (tertiary alicyclic amines) is 1. The van der Waals surface area contributed by atoms with E-state index < -0.39 is 0 Å². The molecule has 4 nitrogen and oxygen atoms in total. The van der Waals surface area contributed by atoms with Gasteiger partial charge in [-0.05, 0) is 101 Å². The number of allylic oxidation sites excluding steroid dienone is 3. The number of fused-ring (bicyclic) bond motifs is 1. The fraction of sp³-hybridized carbons (Fsp3) is 0.621. The number of nitrogens with zero attached hydrogens (tertiary/aromatic N) is 1. The molecule has 0 spiro atoms. The van der Waals surface area contributed by atoms with Crippen LogP contribution in [-0.2, 0) is 6.42 Å². The second-order valence-corrected chi connectivity index (χ2v) is 10.6. The summed E-state index contributed by atoms with van der Waals surface area (Å²) in [6.07, 6.45) is 19.8. The number of carbonyl (C=O) groups is 1. The van der Waals surface area contributed by atoms with E-state index in [1.807, 2.05) is 6.07 Å². The second-order valence-electron chi connectivity index (χ2n) is 10.6. The van der Waals surface area contributed by atoms with Gasteiger partial charge in [-0.2, -0.15) is 0 Å². The van der Waals surface area contributed by atoms with Crippen molar-refractivity contribution >= 4 is 5.78 Å². The number of ketones is 1. The van der Waals surface area contributed by atoms with Crippen molar-refractivity contribution in [2.75, 3.05) is 26.7 Å². The molecule has 1 heterocycles. The summed E-state index contributed by atoms with van der Waals surface area (Å²) in [5.74, 6) is 2.64. The van der Waals surface area contributed by atoms with E-state index in [2.05, 4.69) is 29.2 Å². The third-order valence-corrected chi connectivity index (χ3v) is 8.19. The van der Waals surface area contributed by atoms with E-state index in [1.54, 1.807) is 12.7 Å². The Labute approximate surface area is 199 Å². The highest BCUT2D eigenvalue weighted by Gasteiger charge is 2.35. The molecule has 1 atom stereocenters. The summed E-state index contributed by atoms with van der Waals surface area (Å²) in [5, 5.41) is 0. The fourth-order valence-corrected chi connectivity index (χ4v) is 6.24. The maximum atomic E-state index is 13.2. The summed E-state index contributed by atoms with van der Waals surface area (Å²) in [7, 11) is 1.68. The van der Waals surface area contributed by atoms with Crippen molar-refractivity contribution in [3.63, 3.8) is 0 Å². The number of carbonyl (C=O) groups excluding carboxylic acids is 1. The predicted molar refractivity (Wildman–Crippen MR) is 132 cm³/mol. The van der Waals surface area contributed by atoms with E-state index in [0.29, 0.717) is 17.5 Å². The van der Waals surface area contributed by atoms with Crippen LogP contribution in [0.3, 0.4) is 0 Å². The Kier molecular flexibility index (Phi) is 7.20. The Bertz CT molecular complexity index is 904. The monoisotopic (exact) mass is 449 g/mol. The van der Waals surface area contributed by atoms with Crippen molar-refractivity contribution < 1.29 is 14.3 Å². The molecule has 5 rings (SSSR count). The molecule has 1 aromatic carbocycles. The van der Waals surface area contributed by atoms with Gasteiger partial charge in [-0.25, -0.2) is 0 Å². The van der Waals surface area contributed by atoms with Gasteiger partial charge in [0.15, 0.2) is 17.3 Å². The van der Waals surface area contributed by atoms with Gasteiger partial charge in [0, 0.05) is 18.0 Å². The Morgan fingerprint density at radius 1 is 1.03 bits per heavy atom. The molecule has 4 heteroatoms. The predicted octanol–water partition coefficient (Wildman–Crippen LogP) is 6.14. The molecule has 4 aliphatic rings. The lowest BCUT2D eigenvalue weighted by Gasteiger charge is -2.33. The summed E-state index contributed by atoms with van der Waals surface area (Å²) >= 11 is 0. The first-order valence-corrected chi connectivity index (χ1v) is 13.2. The Balaban J connectivity index is 1.17. The van der Waals surface area contributed by atoms with E-state index in [0.717, 1.165) is 62.2 Å². The van der Waals surface area contributed by atoms with E-state index in [1.165, 1.54) is 44.9 Å². The van der Waals surface area contributed by atoms with Gasteiger partial charge in [0.05, 0.1) is 13.2 Å². The Morgan fingerprint density at radius 2 is 1.85 bits per heavy atom. The number of rotatable bonds is 7. The van der Waals surface area contributed by atoms with Crippen LogP contribution in [0, 0.1) is 11.8 Å². The van der Waals surface area contributed by atoms with Crippen molar-refractivity contribution in [1.82, 2.24) is 4.90 Å². The highest BCUT2D eigenvalue weighted by atomic mass is 16.5. The average molecular weight is 450 g/mol. The number of Topliss-reactive ketones (excluding diaryl/α,β-unsaturated/α-hetero) is 1. The van der Waals surface area contributed by atoms with Gasteiger partial charge in [-0.1, -0.05) is 30.2 Å². The lowest BCUT2D eigenvalue weighted by molar-refractivity contribution is 0.0899. The first kappa shape index (κ1) is 22.7. The quantitative estimate of drug-likeness (QED) is 0.501. The van der Waals surface area contributed by atoms with Gasteiger partial charge >= 0.3 is 0 Å². The van der Waals surface area contributed by atoms with Crippen molar-refractivity contribution in [2.24, 2.45) is 11.8 Å². The molecule has 3 aliphatic carbocycles. The van der Waals surface area contributed by atoms with Gasteiger partial charge in [0.2, 0.25) is 0 Å². The molecular formula is C29H39NO3. The highest BCUT2D eigenvalue weighted by Crippen LogP contribution is 2.40. The minimum atomic E-state index is 0.123. The normalized spacial score (nSPS) is 24.6. The van der Waals surface area contributed by atoms with E-state index in [-0.39, 0.29) is 12.0 Å². The lowest BCUT2D eigenvalue weighted by Crippen LogP contribution is -2.36. The zero-order valence-corrected chi connectivity index (χ0v) is 20.2. The maximum Gasteiger partial charge on any atom is 0.166 e.